The first-order valence-corrected chi connectivity index (χ1v) is 7.37. The molecule has 2 aromatic rings. The maximum atomic E-state index is 11.5. The van der Waals surface area contributed by atoms with Crippen LogP contribution in [-0.2, 0) is 11.2 Å². The van der Waals surface area contributed by atoms with Crippen molar-refractivity contribution in [2.75, 3.05) is 5.32 Å². The van der Waals surface area contributed by atoms with Gasteiger partial charge in [0.25, 0.3) is 0 Å². The summed E-state index contributed by atoms with van der Waals surface area (Å²) in [6, 6.07) is 12.9. The van der Waals surface area contributed by atoms with E-state index >= 15 is 0 Å². The molecular formula is C17H16ClNO2. The van der Waals surface area contributed by atoms with Gasteiger partial charge in [-0.3, -0.25) is 4.79 Å². The quantitative estimate of drug-likeness (QED) is 0.888. The molecule has 1 aliphatic rings. The number of nitrogens with one attached hydrogen (secondary N) is 1. The summed E-state index contributed by atoms with van der Waals surface area (Å²) in [4.78, 5) is 11.5. The van der Waals surface area contributed by atoms with E-state index in [4.69, 9.17) is 11.6 Å². The molecule has 0 saturated carbocycles. The van der Waals surface area contributed by atoms with Crippen molar-refractivity contribution in [3.8, 4) is 0 Å². The fraction of sp³-hybridized carbons (Fsp3) is 0.235. The zero-order valence-corrected chi connectivity index (χ0v) is 12.2. The topological polar surface area (TPSA) is 49.3 Å². The van der Waals surface area contributed by atoms with Crippen LogP contribution >= 0.6 is 11.6 Å². The summed E-state index contributed by atoms with van der Waals surface area (Å²) in [5.41, 5.74) is 3.56. The number of aryl methyl sites for hydroxylation is 1. The van der Waals surface area contributed by atoms with Crippen LogP contribution in [0.4, 0.5) is 5.69 Å². The molecule has 108 valence electrons. The number of benzene rings is 2. The Morgan fingerprint density at radius 3 is 2.52 bits per heavy atom. The van der Waals surface area contributed by atoms with Crippen LogP contribution in [0.25, 0.3) is 0 Å². The molecule has 1 unspecified atom stereocenters. The minimum Gasteiger partial charge on any atom is -0.384 e. The molecule has 3 rings (SSSR count). The third kappa shape index (κ3) is 3.09. The van der Waals surface area contributed by atoms with Crippen molar-refractivity contribution < 1.29 is 9.90 Å². The van der Waals surface area contributed by atoms with Crippen LogP contribution in [-0.4, -0.2) is 11.0 Å². The second kappa shape index (κ2) is 5.88. The van der Waals surface area contributed by atoms with Gasteiger partial charge in [-0.15, -0.1) is 0 Å². The first kappa shape index (κ1) is 14.1. The molecule has 0 aromatic heterocycles. The van der Waals surface area contributed by atoms with E-state index in [-0.39, 0.29) is 5.91 Å². The van der Waals surface area contributed by atoms with Crippen molar-refractivity contribution in [3.05, 3.63) is 64.2 Å². The molecule has 4 heteroatoms. The summed E-state index contributed by atoms with van der Waals surface area (Å²) in [5.74, 6) is 0.0553. The second-order valence-electron chi connectivity index (χ2n) is 5.27. The molecule has 1 atom stereocenters. The lowest BCUT2D eigenvalue weighted by Gasteiger charge is -2.15. The van der Waals surface area contributed by atoms with Crippen LogP contribution in [0, 0.1) is 0 Å². The maximum Gasteiger partial charge on any atom is 0.224 e. The van der Waals surface area contributed by atoms with E-state index in [2.05, 4.69) is 5.32 Å². The van der Waals surface area contributed by atoms with Gasteiger partial charge in [-0.2, -0.15) is 0 Å². The van der Waals surface area contributed by atoms with Crippen molar-refractivity contribution in [2.45, 2.75) is 25.4 Å². The van der Waals surface area contributed by atoms with Gasteiger partial charge < -0.3 is 10.4 Å². The van der Waals surface area contributed by atoms with Gasteiger partial charge in [-0.05, 0) is 47.7 Å². The summed E-state index contributed by atoms with van der Waals surface area (Å²) in [7, 11) is 0. The number of aliphatic hydroxyl groups excluding tert-OH is 1. The highest BCUT2D eigenvalue weighted by atomic mass is 35.5. The van der Waals surface area contributed by atoms with Crippen LogP contribution in [0.15, 0.2) is 42.5 Å². The number of halogens is 1. The van der Waals surface area contributed by atoms with Crippen molar-refractivity contribution in [1.82, 2.24) is 0 Å². The van der Waals surface area contributed by atoms with Gasteiger partial charge in [0.2, 0.25) is 5.91 Å². The smallest absolute Gasteiger partial charge is 0.224 e. The normalized spacial score (nSPS) is 15.8. The highest BCUT2D eigenvalue weighted by Gasteiger charge is 2.16. The lowest BCUT2D eigenvalue weighted by atomic mass is 9.97. The minimum atomic E-state index is -0.688. The average molecular weight is 302 g/mol. The third-order valence-electron chi connectivity index (χ3n) is 3.75. The van der Waals surface area contributed by atoms with Gasteiger partial charge in [-0.1, -0.05) is 35.9 Å². The van der Waals surface area contributed by atoms with Crippen LogP contribution in [0.1, 0.15) is 35.6 Å². The molecule has 0 aliphatic carbocycles. The molecule has 21 heavy (non-hydrogen) atoms. The first-order chi connectivity index (χ1) is 10.1. The molecular weight excluding hydrogens is 286 g/mol. The Bertz CT molecular complexity index is 667. The summed E-state index contributed by atoms with van der Waals surface area (Å²) < 4.78 is 0. The standard InChI is InChI=1S/C17H16ClNO2/c18-14-7-4-11(5-8-14)17(21)13-6-9-15-12(10-13)2-1-3-16(20)19-15/h4-10,17,21H,1-3H2,(H,19,20). The van der Waals surface area contributed by atoms with Crippen LogP contribution in [0.5, 0.6) is 0 Å². The Kier molecular flexibility index (Phi) is 3.95. The van der Waals surface area contributed by atoms with Gasteiger partial charge in [0.15, 0.2) is 0 Å². The number of hydrogen-bond donors (Lipinski definition) is 2. The number of amides is 1. The monoisotopic (exact) mass is 301 g/mol. The van der Waals surface area contributed by atoms with Gasteiger partial charge in [-0.25, -0.2) is 0 Å². The largest absolute Gasteiger partial charge is 0.384 e. The van der Waals surface area contributed by atoms with E-state index in [0.717, 1.165) is 35.2 Å². The van der Waals surface area contributed by atoms with E-state index in [1.807, 2.05) is 30.3 Å². The van der Waals surface area contributed by atoms with Crippen molar-refractivity contribution in [2.24, 2.45) is 0 Å². The first-order valence-electron chi connectivity index (χ1n) is 7.00. The predicted molar refractivity (Wildman–Crippen MR) is 83.5 cm³/mol. The summed E-state index contributed by atoms with van der Waals surface area (Å²) in [6.07, 6.45) is 1.53. The highest BCUT2D eigenvalue weighted by molar-refractivity contribution is 6.30. The van der Waals surface area contributed by atoms with Gasteiger partial charge >= 0.3 is 0 Å². The Morgan fingerprint density at radius 2 is 1.76 bits per heavy atom. The molecule has 1 heterocycles. The fourth-order valence-electron chi connectivity index (χ4n) is 2.60. The molecule has 1 amide bonds. The third-order valence-corrected chi connectivity index (χ3v) is 4.01. The lowest BCUT2D eigenvalue weighted by molar-refractivity contribution is -0.116. The fourth-order valence-corrected chi connectivity index (χ4v) is 2.73. The molecule has 1 aliphatic heterocycles. The molecule has 0 fully saturated rings. The second-order valence-corrected chi connectivity index (χ2v) is 5.71. The highest BCUT2D eigenvalue weighted by Crippen LogP contribution is 2.29. The molecule has 2 aromatic carbocycles. The number of rotatable bonds is 2. The molecule has 0 radical (unpaired) electrons. The van der Waals surface area contributed by atoms with Crippen LogP contribution in [0.2, 0.25) is 5.02 Å². The number of hydrogen-bond acceptors (Lipinski definition) is 2. The number of anilines is 1. The van der Waals surface area contributed by atoms with Crippen molar-refractivity contribution in [1.29, 1.82) is 0 Å². The number of aliphatic hydroxyl groups is 1. The van der Waals surface area contributed by atoms with Crippen LogP contribution in [0.3, 0.4) is 0 Å². The van der Waals surface area contributed by atoms with Crippen molar-refractivity contribution >= 4 is 23.2 Å². The number of fused-ring (bicyclic) bond motifs is 1. The SMILES string of the molecule is O=C1CCCc2cc(C(O)c3ccc(Cl)cc3)ccc2N1. The minimum absolute atomic E-state index is 0.0553. The summed E-state index contributed by atoms with van der Waals surface area (Å²) in [5, 5.41) is 14.0. The Balaban J connectivity index is 1.91. The van der Waals surface area contributed by atoms with Crippen LogP contribution < -0.4 is 5.32 Å². The zero-order valence-electron chi connectivity index (χ0n) is 11.5. The molecule has 0 bridgehead atoms. The van der Waals surface area contributed by atoms with E-state index in [9.17, 15) is 9.90 Å². The van der Waals surface area contributed by atoms with E-state index < -0.39 is 6.10 Å². The number of carbonyl (C=O) groups excluding carboxylic acids is 1. The van der Waals surface area contributed by atoms with Gasteiger partial charge in [0.1, 0.15) is 6.10 Å². The van der Waals surface area contributed by atoms with E-state index in [0.29, 0.717) is 11.4 Å². The molecule has 3 nitrogen and oxygen atoms in total. The van der Waals surface area contributed by atoms with Gasteiger partial charge in [0, 0.05) is 17.1 Å². The Hall–Kier alpha value is -1.84. The summed E-state index contributed by atoms with van der Waals surface area (Å²) >= 11 is 5.87. The molecule has 0 saturated heterocycles. The van der Waals surface area contributed by atoms with Crippen molar-refractivity contribution in [3.63, 3.8) is 0 Å². The number of carbonyl (C=O) groups is 1. The Morgan fingerprint density at radius 1 is 1.05 bits per heavy atom. The lowest BCUT2D eigenvalue weighted by Crippen LogP contribution is -2.09. The zero-order chi connectivity index (χ0) is 14.8. The average Bonchev–Trinajstić information content (AvgIpc) is 2.67. The Labute approximate surface area is 128 Å². The van der Waals surface area contributed by atoms with Gasteiger partial charge in [0.05, 0.1) is 0 Å². The van der Waals surface area contributed by atoms with E-state index in [1.54, 1.807) is 12.1 Å². The molecule has 2 N–H and O–H groups in total. The van der Waals surface area contributed by atoms with E-state index in [1.165, 1.54) is 0 Å². The predicted octanol–water partition coefficient (Wildman–Crippen LogP) is 3.70. The summed E-state index contributed by atoms with van der Waals surface area (Å²) in [6.45, 7) is 0. The molecule has 0 spiro atoms. The maximum absolute atomic E-state index is 11.5.